The van der Waals surface area contributed by atoms with E-state index in [-0.39, 0.29) is 27.5 Å². The summed E-state index contributed by atoms with van der Waals surface area (Å²) in [6, 6.07) is 8.50. The van der Waals surface area contributed by atoms with Crippen LogP contribution >= 0.6 is 27.5 Å². The van der Waals surface area contributed by atoms with Gasteiger partial charge in [0.1, 0.15) is 11.6 Å². The van der Waals surface area contributed by atoms with Gasteiger partial charge in [-0.1, -0.05) is 6.07 Å². The van der Waals surface area contributed by atoms with Crippen molar-refractivity contribution < 1.29 is 14.1 Å². The highest BCUT2D eigenvalue weighted by molar-refractivity contribution is 9.10. The monoisotopic (exact) mass is 359 g/mol. The van der Waals surface area contributed by atoms with Gasteiger partial charge in [-0.3, -0.25) is 10.1 Å². The summed E-state index contributed by atoms with van der Waals surface area (Å²) >= 11 is 8.65. The molecule has 7 heteroatoms. The Bertz CT molecular complexity index is 666. The van der Waals surface area contributed by atoms with Crippen molar-refractivity contribution in [2.75, 3.05) is 0 Å². The third kappa shape index (κ3) is 3.26. The summed E-state index contributed by atoms with van der Waals surface area (Å²) in [6.07, 6.45) is 0. The van der Waals surface area contributed by atoms with Crippen LogP contribution in [0.4, 0.5) is 10.1 Å². The van der Waals surface area contributed by atoms with Crippen LogP contribution in [0.25, 0.3) is 0 Å². The second-order valence-electron chi connectivity index (χ2n) is 3.87. The molecule has 20 heavy (non-hydrogen) atoms. The number of benzene rings is 2. The van der Waals surface area contributed by atoms with E-state index < -0.39 is 10.7 Å². The van der Waals surface area contributed by atoms with Crippen molar-refractivity contribution in [2.45, 2.75) is 5.88 Å². The second-order valence-corrected chi connectivity index (χ2v) is 4.99. The average Bonchev–Trinajstić information content (AvgIpc) is 2.43. The van der Waals surface area contributed by atoms with Gasteiger partial charge in [0.05, 0.1) is 9.40 Å². The van der Waals surface area contributed by atoms with Crippen molar-refractivity contribution in [1.29, 1.82) is 0 Å². The Morgan fingerprint density at radius 1 is 1.30 bits per heavy atom. The molecule has 4 nitrogen and oxygen atoms in total. The highest BCUT2D eigenvalue weighted by Crippen LogP contribution is 2.33. The number of nitro groups is 1. The predicted molar refractivity (Wildman–Crippen MR) is 76.8 cm³/mol. The maximum Gasteiger partial charge on any atom is 0.311 e. The van der Waals surface area contributed by atoms with Crippen molar-refractivity contribution in [1.82, 2.24) is 0 Å². The quantitative estimate of drug-likeness (QED) is 0.436. The Hall–Kier alpha value is -1.66. The minimum Gasteiger partial charge on any atom is -0.450 e. The summed E-state index contributed by atoms with van der Waals surface area (Å²) in [6.45, 7) is 0. The van der Waals surface area contributed by atoms with Gasteiger partial charge in [0.15, 0.2) is 0 Å². The van der Waals surface area contributed by atoms with Gasteiger partial charge >= 0.3 is 5.69 Å². The number of ether oxygens (including phenoxy) is 1. The van der Waals surface area contributed by atoms with E-state index in [2.05, 4.69) is 15.9 Å². The molecule has 0 N–H and O–H groups in total. The van der Waals surface area contributed by atoms with E-state index in [0.717, 1.165) is 6.07 Å². The number of nitro benzene ring substituents is 1. The molecule has 0 fully saturated rings. The van der Waals surface area contributed by atoms with Gasteiger partial charge in [0.2, 0.25) is 5.75 Å². The van der Waals surface area contributed by atoms with Crippen LogP contribution in [0.1, 0.15) is 5.56 Å². The van der Waals surface area contributed by atoms with Gasteiger partial charge in [0.25, 0.3) is 0 Å². The van der Waals surface area contributed by atoms with Gasteiger partial charge in [-0.2, -0.15) is 0 Å². The van der Waals surface area contributed by atoms with Crippen LogP contribution in [0.15, 0.2) is 40.9 Å². The van der Waals surface area contributed by atoms with Crippen molar-refractivity contribution >= 4 is 33.2 Å². The number of halogens is 3. The van der Waals surface area contributed by atoms with Crippen molar-refractivity contribution in [2.24, 2.45) is 0 Å². The van der Waals surface area contributed by atoms with E-state index in [1.54, 1.807) is 6.07 Å². The SMILES string of the molecule is O=[N+]([O-])c1cc(CCl)ccc1Oc1ccc(Br)c(F)c1. The fraction of sp³-hybridized carbons (Fsp3) is 0.0769. The van der Waals surface area contributed by atoms with E-state index in [1.165, 1.54) is 24.3 Å². The average molecular weight is 361 g/mol. The summed E-state index contributed by atoms with van der Waals surface area (Å²) in [4.78, 5) is 10.4. The predicted octanol–water partition coefficient (Wildman–Crippen LogP) is 5.03. The minimum absolute atomic E-state index is 0.0330. The van der Waals surface area contributed by atoms with Gasteiger partial charge in [-0.05, 0) is 39.7 Å². The van der Waals surface area contributed by atoms with E-state index in [4.69, 9.17) is 16.3 Å². The van der Waals surface area contributed by atoms with Crippen LogP contribution in [0.2, 0.25) is 0 Å². The van der Waals surface area contributed by atoms with Crippen LogP contribution in [0.3, 0.4) is 0 Å². The lowest BCUT2D eigenvalue weighted by atomic mass is 10.2. The standard InChI is InChI=1S/C13H8BrClFNO3/c14-10-3-2-9(6-11(10)16)20-13-4-1-8(7-15)5-12(13)17(18)19/h1-6H,7H2. The third-order valence-corrected chi connectivity index (χ3v) is 3.44. The Morgan fingerprint density at radius 3 is 2.65 bits per heavy atom. The summed E-state index contributed by atoms with van der Waals surface area (Å²) < 4.78 is 19.0. The molecule has 2 aromatic carbocycles. The first-order valence-electron chi connectivity index (χ1n) is 5.47. The van der Waals surface area contributed by atoms with Crippen molar-refractivity contribution in [3.63, 3.8) is 0 Å². The second kappa shape index (κ2) is 6.19. The molecule has 0 aliphatic rings. The number of hydrogen-bond acceptors (Lipinski definition) is 3. The molecule has 0 amide bonds. The number of alkyl halides is 1. The zero-order valence-electron chi connectivity index (χ0n) is 9.98. The highest BCUT2D eigenvalue weighted by atomic mass is 79.9. The van der Waals surface area contributed by atoms with Crippen LogP contribution < -0.4 is 4.74 Å². The molecule has 2 aromatic rings. The summed E-state index contributed by atoms with van der Waals surface area (Å²) in [5.74, 6) is -0.144. The fourth-order valence-corrected chi connectivity index (χ4v) is 1.96. The van der Waals surface area contributed by atoms with Gasteiger partial charge < -0.3 is 4.74 Å². The summed E-state index contributed by atoms with van der Waals surface area (Å²) in [7, 11) is 0. The molecule has 0 aromatic heterocycles. The molecule has 0 atom stereocenters. The van der Waals surface area contributed by atoms with Gasteiger partial charge in [0, 0.05) is 18.0 Å². The Morgan fingerprint density at radius 2 is 2.05 bits per heavy atom. The van der Waals surface area contributed by atoms with Crippen molar-refractivity contribution in [3.8, 4) is 11.5 Å². The largest absolute Gasteiger partial charge is 0.450 e. The molecule has 0 radical (unpaired) electrons. The first kappa shape index (κ1) is 14.7. The number of hydrogen-bond donors (Lipinski definition) is 0. The number of rotatable bonds is 4. The first-order valence-corrected chi connectivity index (χ1v) is 6.80. The molecule has 0 saturated carbocycles. The maximum absolute atomic E-state index is 13.4. The molecule has 104 valence electrons. The molecule has 0 saturated heterocycles. The smallest absolute Gasteiger partial charge is 0.311 e. The normalized spacial score (nSPS) is 10.3. The van der Waals surface area contributed by atoms with Crippen LogP contribution in [0.5, 0.6) is 11.5 Å². The van der Waals surface area contributed by atoms with Crippen molar-refractivity contribution in [3.05, 3.63) is 62.4 Å². The molecule has 0 heterocycles. The zero-order chi connectivity index (χ0) is 14.7. The zero-order valence-corrected chi connectivity index (χ0v) is 12.3. The Balaban J connectivity index is 2.37. The molecular formula is C13H8BrClFNO3. The highest BCUT2D eigenvalue weighted by Gasteiger charge is 2.17. The van der Waals surface area contributed by atoms with E-state index >= 15 is 0 Å². The van der Waals surface area contributed by atoms with E-state index in [1.807, 2.05) is 0 Å². The number of nitrogens with zero attached hydrogens (tertiary/aromatic N) is 1. The molecule has 0 bridgehead atoms. The summed E-state index contributed by atoms with van der Waals surface area (Å²) in [5.41, 5.74) is 0.388. The first-order chi connectivity index (χ1) is 9.51. The lowest BCUT2D eigenvalue weighted by Crippen LogP contribution is -1.95. The van der Waals surface area contributed by atoms with Crippen LogP contribution in [-0.2, 0) is 5.88 Å². The molecule has 0 spiro atoms. The Labute approximate surface area is 127 Å². The minimum atomic E-state index is -0.569. The molecule has 0 unspecified atom stereocenters. The third-order valence-electron chi connectivity index (χ3n) is 2.49. The summed E-state index contributed by atoms with van der Waals surface area (Å²) in [5, 5.41) is 11.0. The van der Waals surface area contributed by atoms with E-state index in [0.29, 0.717) is 5.56 Å². The fourth-order valence-electron chi connectivity index (χ4n) is 1.54. The Kier molecular flexibility index (Phi) is 4.57. The lowest BCUT2D eigenvalue weighted by molar-refractivity contribution is -0.385. The molecule has 0 aliphatic heterocycles. The molecule has 2 rings (SSSR count). The molecule has 0 aliphatic carbocycles. The lowest BCUT2D eigenvalue weighted by Gasteiger charge is -2.07. The van der Waals surface area contributed by atoms with E-state index in [9.17, 15) is 14.5 Å². The molecular weight excluding hydrogens is 353 g/mol. The topological polar surface area (TPSA) is 52.4 Å². The van der Waals surface area contributed by atoms with Gasteiger partial charge in [-0.15, -0.1) is 11.6 Å². The van der Waals surface area contributed by atoms with Crippen LogP contribution in [-0.4, -0.2) is 4.92 Å². The maximum atomic E-state index is 13.4. The van der Waals surface area contributed by atoms with Crippen LogP contribution in [0, 0.1) is 15.9 Å². The van der Waals surface area contributed by atoms with Gasteiger partial charge in [-0.25, -0.2) is 4.39 Å².